The van der Waals surface area contributed by atoms with Crippen LogP contribution in [0, 0.1) is 13.8 Å². The molecule has 0 radical (unpaired) electrons. The zero-order valence-corrected chi connectivity index (χ0v) is 18.4. The van der Waals surface area contributed by atoms with Crippen LogP contribution in [0.25, 0.3) is 5.69 Å². The third-order valence-electron chi connectivity index (χ3n) is 5.88. The topological polar surface area (TPSA) is 87.5 Å². The van der Waals surface area contributed by atoms with Crippen molar-refractivity contribution in [3.8, 4) is 5.69 Å². The Kier molecular flexibility index (Phi) is 5.95. The fourth-order valence-corrected chi connectivity index (χ4v) is 5.97. The second-order valence-corrected chi connectivity index (χ2v) is 10.6. The number of aryl methyl sites for hydroxylation is 2. The van der Waals surface area contributed by atoms with Gasteiger partial charge < -0.3 is 5.32 Å². The number of carbonyl (C=O) groups excluding carboxylic acids is 1. The molecule has 2 fully saturated rings. The fraction of sp³-hybridized carbons (Fsp3) is 0.524. The maximum Gasteiger partial charge on any atom is 0.239 e. The average molecular weight is 432 g/mol. The lowest BCUT2D eigenvalue weighted by Gasteiger charge is -2.37. The summed E-state index contributed by atoms with van der Waals surface area (Å²) < 4.78 is 25.2. The molecule has 2 aromatic rings. The molecule has 30 heavy (non-hydrogen) atoms. The molecule has 1 aromatic carbocycles. The smallest absolute Gasteiger partial charge is 0.239 e. The van der Waals surface area contributed by atoms with E-state index in [-0.39, 0.29) is 17.7 Å². The van der Waals surface area contributed by atoms with E-state index in [0.717, 1.165) is 44.0 Å². The van der Waals surface area contributed by atoms with Crippen LogP contribution in [0.5, 0.6) is 0 Å². The van der Waals surface area contributed by atoms with Crippen LogP contribution in [0.1, 0.15) is 17.7 Å². The predicted molar refractivity (Wildman–Crippen MR) is 117 cm³/mol. The minimum atomic E-state index is -2.87. The van der Waals surface area contributed by atoms with Gasteiger partial charge >= 0.3 is 0 Å². The van der Waals surface area contributed by atoms with Crippen LogP contribution in [0.2, 0.25) is 0 Å². The van der Waals surface area contributed by atoms with Crippen LogP contribution in [0.4, 0.5) is 5.82 Å². The second kappa shape index (κ2) is 8.49. The lowest BCUT2D eigenvalue weighted by atomic mass is 10.2. The molecular weight excluding hydrogens is 402 g/mol. The van der Waals surface area contributed by atoms with Gasteiger partial charge in [-0.05, 0) is 32.4 Å². The van der Waals surface area contributed by atoms with Gasteiger partial charge in [-0.1, -0.05) is 17.7 Å². The number of nitrogens with one attached hydrogen (secondary N) is 1. The standard InChI is InChI=1S/C21H29N5O3S/c1-16-3-5-18(6-4-16)26-20(13-17(2)23-26)22-21(27)14-24-8-10-25(11-9-24)19-7-12-30(28,29)15-19/h3-6,13,19H,7-12,14-15H2,1-2H3,(H,22,27)/t19-/m0/s1. The van der Waals surface area contributed by atoms with Crippen molar-refractivity contribution in [3.63, 3.8) is 0 Å². The number of piperazine rings is 1. The molecule has 1 N–H and O–H groups in total. The molecular formula is C21H29N5O3S. The van der Waals surface area contributed by atoms with Gasteiger partial charge in [0.25, 0.3) is 0 Å². The van der Waals surface area contributed by atoms with Gasteiger partial charge in [0.1, 0.15) is 5.82 Å². The Morgan fingerprint density at radius 2 is 1.83 bits per heavy atom. The Morgan fingerprint density at radius 1 is 1.13 bits per heavy atom. The van der Waals surface area contributed by atoms with E-state index in [9.17, 15) is 13.2 Å². The highest BCUT2D eigenvalue weighted by Gasteiger charge is 2.33. The summed E-state index contributed by atoms with van der Waals surface area (Å²) in [5.74, 6) is 1.17. The summed E-state index contributed by atoms with van der Waals surface area (Å²) in [5, 5.41) is 7.50. The van der Waals surface area contributed by atoms with Gasteiger partial charge in [0.15, 0.2) is 9.84 Å². The lowest BCUT2D eigenvalue weighted by molar-refractivity contribution is -0.117. The summed E-state index contributed by atoms with van der Waals surface area (Å²) >= 11 is 0. The van der Waals surface area contributed by atoms with Crippen molar-refractivity contribution in [1.29, 1.82) is 0 Å². The fourth-order valence-electron chi connectivity index (χ4n) is 4.21. The van der Waals surface area contributed by atoms with E-state index >= 15 is 0 Å². The molecule has 1 amide bonds. The van der Waals surface area contributed by atoms with Crippen LogP contribution < -0.4 is 5.32 Å². The third kappa shape index (κ3) is 4.91. The molecule has 0 unspecified atom stereocenters. The summed E-state index contributed by atoms with van der Waals surface area (Å²) in [6.45, 7) is 7.38. The summed E-state index contributed by atoms with van der Waals surface area (Å²) in [5.41, 5.74) is 2.91. The van der Waals surface area contributed by atoms with Gasteiger partial charge in [0.05, 0.1) is 29.4 Å². The molecule has 2 saturated heterocycles. The normalized spacial score (nSPS) is 22.3. The first-order chi connectivity index (χ1) is 14.3. The summed E-state index contributed by atoms with van der Waals surface area (Å²) in [6, 6.07) is 10.0. The number of hydrogen-bond acceptors (Lipinski definition) is 6. The molecule has 1 aromatic heterocycles. The third-order valence-corrected chi connectivity index (χ3v) is 7.63. The Balaban J connectivity index is 1.32. The maximum absolute atomic E-state index is 12.7. The number of carbonyl (C=O) groups is 1. The van der Waals surface area contributed by atoms with Gasteiger partial charge in [-0.2, -0.15) is 5.10 Å². The molecule has 2 aliphatic heterocycles. The highest BCUT2D eigenvalue weighted by atomic mass is 32.2. The van der Waals surface area contributed by atoms with E-state index in [1.54, 1.807) is 4.68 Å². The molecule has 162 valence electrons. The van der Waals surface area contributed by atoms with Gasteiger partial charge in [-0.25, -0.2) is 13.1 Å². The van der Waals surface area contributed by atoms with E-state index in [1.165, 1.54) is 5.56 Å². The van der Waals surface area contributed by atoms with E-state index in [1.807, 2.05) is 44.2 Å². The number of rotatable bonds is 5. The number of aromatic nitrogens is 2. The Hall–Kier alpha value is -2.23. The molecule has 2 aliphatic rings. The van der Waals surface area contributed by atoms with Gasteiger partial charge in [-0.15, -0.1) is 0 Å². The number of nitrogens with zero attached hydrogens (tertiary/aromatic N) is 4. The molecule has 0 bridgehead atoms. The lowest BCUT2D eigenvalue weighted by Crippen LogP contribution is -2.52. The Morgan fingerprint density at radius 3 is 2.47 bits per heavy atom. The zero-order valence-electron chi connectivity index (χ0n) is 17.5. The molecule has 0 aliphatic carbocycles. The minimum Gasteiger partial charge on any atom is -0.309 e. The highest BCUT2D eigenvalue weighted by molar-refractivity contribution is 7.91. The van der Waals surface area contributed by atoms with E-state index < -0.39 is 9.84 Å². The minimum absolute atomic E-state index is 0.0693. The van der Waals surface area contributed by atoms with Gasteiger partial charge in [0.2, 0.25) is 5.91 Å². The van der Waals surface area contributed by atoms with Crippen LogP contribution in [-0.2, 0) is 14.6 Å². The Labute approximate surface area is 177 Å². The molecule has 0 saturated carbocycles. The van der Waals surface area contributed by atoms with Crippen molar-refractivity contribution in [1.82, 2.24) is 19.6 Å². The number of anilines is 1. The highest BCUT2D eigenvalue weighted by Crippen LogP contribution is 2.20. The van der Waals surface area contributed by atoms with Gasteiger partial charge in [0, 0.05) is 38.3 Å². The van der Waals surface area contributed by atoms with Crippen molar-refractivity contribution in [2.24, 2.45) is 0 Å². The summed E-state index contributed by atoms with van der Waals surface area (Å²) in [4.78, 5) is 17.0. The maximum atomic E-state index is 12.7. The Bertz CT molecular complexity index is 1010. The van der Waals surface area contributed by atoms with Crippen molar-refractivity contribution >= 4 is 21.6 Å². The van der Waals surface area contributed by atoms with Crippen LogP contribution in [0.3, 0.4) is 0 Å². The van der Waals surface area contributed by atoms with Crippen molar-refractivity contribution < 1.29 is 13.2 Å². The van der Waals surface area contributed by atoms with Crippen molar-refractivity contribution in [3.05, 3.63) is 41.6 Å². The van der Waals surface area contributed by atoms with E-state index in [0.29, 0.717) is 18.1 Å². The predicted octanol–water partition coefficient (Wildman–Crippen LogP) is 1.23. The van der Waals surface area contributed by atoms with E-state index in [2.05, 4.69) is 20.2 Å². The molecule has 3 heterocycles. The van der Waals surface area contributed by atoms with Crippen molar-refractivity contribution in [2.75, 3.05) is 49.5 Å². The van der Waals surface area contributed by atoms with Crippen molar-refractivity contribution in [2.45, 2.75) is 26.3 Å². The first-order valence-electron chi connectivity index (χ1n) is 10.4. The molecule has 4 rings (SSSR count). The summed E-state index contributed by atoms with van der Waals surface area (Å²) in [6.07, 6.45) is 0.727. The molecule has 8 nitrogen and oxygen atoms in total. The van der Waals surface area contributed by atoms with Crippen LogP contribution >= 0.6 is 0 Å². The largest absolute Gasteiger partial charge is 0.309 e. The quantitative estimate of drug-likeness (QED) is 0.766. The average Bonchev–Trinajstić information content (AvgIpc) is 3.24. The monoisotopic (exact) mass is 431 g/mol. The SMILES string of the molecule is Cc1ccc(-n2nc(C)cc2NC(=O)CN2CCN([C@H]3CCS(=O)(=O)C3)CC2)cc1. The number of hydrogen-bond donors (Lipinski definition) is 1. The number of sulfone groups is 1. The summed E-state index contributed by atoms with van der Waals surface area (Å²) in [7, 11) is -2.87. The van der Waals surface area contributed by atoms with Crippen LogP contribution in [-0.4, -0.2) is 84.2 Å². The van der Waals surface area contributed by atoms with Crippen LogP contribution in [0.15, 0.2) is 30.3 Å². The van der Waals surface area contributed by atoms with Gasteiger partial charge in [-0.3, -0.25) is 14.6 Å². The molecule has 1 atom stereocenters. The van der Waals surface area contributed by atoms with E-state index in [4.69, 9.17) is 0 Å². The number of amides is 1. The molecule has 0 spiro atoms. The zero-order chi connectivity index (χ0) is 21.3. The number of benzene rings is 1. The molecule has 9 heteroatoms. The first kappa shape index (κ1) is 21.0. The first-order valence-corrected chi connectivity index (χ1v) is 12.2. The second-order valence-electron chi connectivity index (χ2n) is 8.34.